The second-order valence-electron chi connectivity index (χ2n) is 2.44. The van der Waals surface area contributed by atoms with Crippen molar-refractivity contribution in [1.29, 1.82) is 0 Å². The number of halogens is 3. The Hall–Kier alpha value is -0.580. The second kappa shape index (κ2) is 3.71. The summed E-state index contributed by atoms with van der Waals surface area (Å²) in [4.78, 5) is 10.2. The van der Waals surface area contributed by atoms with E-state index in [1.54, 1.807) is 6.92 Å². The van der Waals surface area contributed by atoms with Crippen molar-refractivity contribution in [2.45, 2.75) is 32.0 Å². The third kappa shape index (κ3) is 4.78. The molecule has 5 heteroatoms. The molecule has 2 nitrogen and oxygen atoms in total. The Labute approximate surface area is 62.6 Å². The highest BCUT2D eigenvalue weighted by atomic mass is 19.4. The SMILES string of the molecule is C[C@@H](N)CCC(=O)C(F)(F)F. The van der Waals surface area contributed by atoms with Crippen LogP contribution in [0, 0.1) is 0 Å². The van der Waals surface area contributed by atoms with Gasteiger partial charge in [0.15, 0.2) is 0 Å². The van der Waals surface area contributed by atoms with Crippen LogP contribution in [-0.4, -0.2) is 18.0 Å². The molecule has 0 spiro atoms. The fourth-order valence-electron chi connectivity index (χ4n) is 0.501. The van der Waals surface area contributed by atoms with Gasteiger partial charge in [0.25, 0.3) is 0 Å². The van der Waals surface area contributed by atoms with Crippen LogP contribution in [0.2, 0.25) is 0 Å². The lowest BCUT2D eigenvalue weighted by atomic mass is 10.1. The standard InChI is InChI=1S/C6H10F3NO/c1-4(10)2-3-5(11)6(7,8)9/h4H,2-3,10H2,1H3/t4-/m1/s1. The first kappa shape index (κ1) is 10.4. The molecule has 0 rings (SSSR count). The second-order valence-corrected chi connectivity index (χ2v) is 2.44. The Bertz CT molecular complexity index is 141. The molecule has 1 atom stereocenters. The van der Waals surface area contributed by atoms with E-state index in [0.29, 0.717) is 0 Å². The minimum atomic E-state index is -4.70. The van der Waals surface area contributed by atoms with Gasteiger partial charge in [0.05, 0.1) is 0 Å². The molecule has 0 aliphatic heterocycles. The van der Waals surface area contributed by atoms with E-state index in [2.05, 4.69) is 0 Å². The molecule has 0 fully saturated rings. The van der Waals surface area contributed by atoms with E-state index in [9.17, 15) is 18.0 Å². The minimum absolute atomic E-state index is 0.0817. The normalized spacial score (nSPS) is 14.6. The van der Waals surface area contributed by atoms with E-state index in [4.69, 9.17) is 5.73 Å². The molecule has 66 valence electrons. The van der Waals surface area contributed by atoms with Gasteiger partial charge in [0.2, 0.25) is 5.78 Å². The monoisotopic (exact) mass is 169 g/mol. The van der Waals surface area contributed by atoms with Crippen molar-refractivity contribution in [2.75, 3.05) is 0 Å². The number of nitrogens with two attached hydrogens (primary N) is 1. The zero-order valence-electron chi connectivity index (χ0n) is 6.11. The Morgan fingerprint density at radius 1 is 1.55 bits per heavy atom. The maximum Gasteiger partial charge on any atom is 0.449 e. The first-order chi connectivity index (χ1) is 4.84. The predicted molar refractivity (Wildman–Crippen MR) is 33.9 cm³/mol. The van der Waals surface area contributed by atoms with Crippen LogP contribution >= 0.6 is 0 Å². The number of carbonyl (C=O) groups is 1. The maximum atomic E-state index is 11.5. The highest BCUT2D eigenvalue weighted by Crippen LogP contribution is 2.18. The molecule has 0 bridgehead atoms. The number of hydrogen-bond acceptors (Lipinski definition) is 2. The molecule has 0 unspecified atom stereocenters. The van der Waals surface area contributed by atoms with E-state index in [1.807, 2.05) is 0 Å². The van der Waals surface area contributed by atoms with Crippen LogP contribution in [0.5, 0.6) is 0 Å². The Morgan fingerprint density at radius 3 is 2.27 bits per heavy atom. The van der Waals surface area contributed by atoms with Crippen molar-refractivity contribution >= 4 is 5.78 Å². The van der Waals surface area contributed by atoms with Crippen LogP contribution in [-0.2, 0) is 4.79 Å². The topological polar surface area (TPSA) is 43.1 Å². The number of Topliss-reactive ketones (excluding diaryl/α,β-unsaturated/α-hetero) is 1. The molecule has 0 aromatic heterocycles. The highest BCUT2D eigenvalue weighted by Gasteiger charge is 2.37. The number of ketones is 1. The lowest BCUT2D eigenvalue weighted by Crippen LogP contribution is -2.25. The van der Waals surface area contributed by atoms with Gasteiger partial charge in [0, 0.05) is 12.5 Å². The molecule has 0 radical (unpaired) electrons. The van der Waals surface area contributed by atoms with Crippen molar-refractivity contribution in [1.82, 2.24) is 0 Å². The van der Waals surface area contributed by atoms with Crippen LogP contribution < -0.4 is 5.73 Å². The maximum absolute atomic E-state index is 11.5. The summed E-state index contributed by atoms with van der Waals surface area (Å²) in [7, 11) is 0. The van der Waals surface area contributed by atoms with E-state index >= 15 is 0 Å². The van der Waals surface area contributed by atoms with Crippen molar-refractivity contribution in [3.05, 3.63) is 0 Å². The average Bonchev–Trinajstić information content (AvgIpc) is 1.80. The quantitative estimate of drug-likeness (QED) is 0.690. The zero-order chi connectivity index (χ0) is 9.07. The summed E-state index contributed by atoms with van der Waals surface area (Å²) in [5, 5.41) is 0. The van der Waals surface area contributed by atoms with Gasteiger partial charge in [-0.2, -0.15) is 13.2 Å². The lowest BCUT2D eigenvalue weighted by molar-refractivity contribution is -0.171. The molecule has 0 saturated heterocycles. The largest absolute Gasteiger partial charge is 0.449 e. The summed E-state index contributed by atoms with van der Waals surface area (Å²) in [6.45, 7) is 1.56. The molecule has 2 N–H and O–H groups in total. The van der Waals surface area contributed by atoms with Crippen molar-refractivity contribution < 1.29 is 18.0 Å². The van der Waals surface area contributed by atoms with E-state index in [-0.39, 0.29) is 12.5 Å². The molecule has 0 aromatic carbocycles. The predicted octanol–water partition coefficient (Wildman–Crippen LogP) is 1.25. The molecule has 0 saturated carbocycles. The molecular formula is C6H10F3NO. The van der Waals surface area contributed by atoms with Crippen molar-refractivity contribution in [2.24, 2.45) is 5.73 Å². The summed E-state index contributed by atoms with van der Waals surface area (Å²) in [5.41, 5.74) is 5.16. The van der Waals surface area contributed by atoms with Gasteiger partial charge in [-0.3, -0.25) is 4.79 Å². The summed E-state index contributed by atoms with van der Waals surface area (Å²) >= 11 is 0. The lowest BCUT2D eigenvalue weighted by Gasteiger charge is -2.06. The first-order valence-corrected chi connectivity index (χ1v) is 3.19. The van der Waals surface area contributed by atoms with E-state index in [0.717, 1.165) is 0 Å². The van der Waals surface area contributed by atoms with Gasteiger partial charge in [-0.1, -0.05) is 0 Å². The molecule has 0 heterocycles. The van der Waals surface area contributed by atoms with Gasteiger partial charge in [-0.25, -0.2) is 0 Å². The fourth-order valence-corrected chi connectivity index (χ4v) is 0.501. The summed E-state index contributed by atoms with van der Waals surface area (Å²) in [6.07, 6.45) is -5.13. The molecule has 0 aromatic rings. The van der Waals surface area contributed by atoms with Gasteiger partial charge in [-0.05, 0) is 13.3 Å². The number of alkyl halides is 3. The summed E-state index contributed by atoms with van der Waals surface area (Å²) in [6, 6.07) is -0.360. The first-order valence-electron chi connectivity index (χ1n) is 3.19. The van der Waals surface area contributed by atoms with Gasteiger partial charge in [-0.15, -0.1) is 0 Å². The Kier molecular flexibility index (Phi) is 3.51. The minimum Gasteiger partial charge on any atom is -0.328 e. The van der Waals surface area contributed by atoms with Crippen molar-refractivity contribution in [3.63, 3.8) is 0 Å². The third-order valence-electron chi connectivity index (χ3n) is 1.14. The average molecular weight is 169 g/mol. The van der Waals surface area contributed by atoms with Crippen LogP contribution in [0.25, 0.3) is 0 Å². The summed E-state index contributed by atoms with van der Waals surface area (Å²) < 4.78 is 34.5. The number of hydrogen-bond donors (Lipinski definition) is 1. The molecular weight excluding hydrogens is 159 g/mol. The molecule has 0 aliphatic carbocycles. The van der Waals surface area contributed by atoms with Gasteiger partial charge in [0.1, 0.15) is 0 Å². The van der Waals surface area contributed by atoms with Crippen LogP contribution in [0.4, 0.5) is 13.2 Å². The van der Waals surface area contributed by atoms with Crippen molar-refractivity contribution in [3.8, 4) is 0 Å². The third-order valence-corrected chi connectivity index (χ3v) is 1.14. The van der Waals surface area contributed by atoms with Crippen LogP contribution in [0.3, 0.4) is 0 Å². The highest BCUT2D eigenvalue weighted by molar-refractivity contribution is 5.83. The molecule has 0 amide bonds. The zero-order valence-corrected chi connectivity index (χ0v) is 6.11. The molecule has 11 heavy (non-hydrogen) atoms. The Balaban J connectivity index is 3.71. The number of carbonyl (C=O) groups excluding carboxylic acids is 1. The smallest absolute Gasteiger partial charge is 0.328 e. The number of rotatable bonds is 3. The fraction of sp³-hybridized carbons (Fsp3) is 0.833. The molecule has 0 aliphatic rings. The van der Waals surface area contributed by atoms with Crippen LogP contribution in [0.1, 0.15) is 19.8 Å². The summed E-state index contributed by atoms with van der Waals surface area (Å²) in [5.74, 6) is -1.70. The van der Waals surface area contributed by atoms with Gasteiger partial charge < -0.3 is 5.73 Å². The van der Waals surface area contributed by atoms with E-state index < -0.39 is 18.4 Å². The van der Waals surface area contributed by atoms with E-state index in [1.165, 1.54) is 0 Å². The van der Waals surface area contributed by atoms with Crippen LogP contribution in [0.15, 0.2) is 0 Å². The Morgan fingerprint density at radius 2 is 2.00 bits per heavy atom. The van der Waals surface area contributed by atoms with Gasteiger partial charge >= 0.3 is 6.18 Å².